The topological polar surface area (TPSA) is 364 Å². The number of hydrogen-bond acceptors (Lipinski definition) is 27. The van der Waals surface area contributed by atoms with Crippen LogP contribution < -0.4 is 57.9 Å². The lowest BCUT2D eigenvalue weighted by Gasteiger charge is -2.22. The number of hydrogen-bond donors (Lipinski definition) is 4. The molecule has 4 saturated heterocycles. The first-order chi connectivity index (χ1) is 61.2. The van der Waals surface area contributed by atoms with Gasteiger partial charge in [0, 0.05) is 128 Å². The molecule has 0 radical (unpaired) electrons. The maximum absolute atomic E-state index is 13.4. The Morgan fingerprint density at radius 2 is 0.641 bits per heavy atom. The second-order valence-corrected chi connectivity index (χ2v) is 32.2. The van der Waals surface area contributed by atoms with Crippen molar-refractivity contribution in [2.45, 2.75) is 137 Å². The highest BCUT2D eigenvalue weighted by molar-refractivity contribution is 6.36. The van der Waals surface area contributed by atoms with E-state index in [1.807, 2.05) is 118 Å². The lowest BCUT2D eigenvalue weighted by atomic mass is 10.1. The smallest absolute Gasteiger partial charge is 0.409 e. The first kappa shape index (κ1) is 101. The van der Waals surface area contributed by atoms with Crippen LogP contribution in [-0.2, 0) is 91.8 Å². The lowest BCUT2D eigenvalue weighted by molar-refractivity contribution is 0.0614. The van der Waals surface area contributed by atoms with Crippen molar-refractivity contribution in [2.24, 2.45) is 28.2 Å². The van der Waals surface area contributed by atoms with Crippen molar-refractivity contribution in [1.82, 2.24) is 57.8 Å². The van der Waals surface area contributed by atoms with Crippen LogP contribution in [0.25, 0.3) is 45.6 Å². The number of methoxy groups -OCH3 is 6. The number of ether oxygens (including phenoxy) is 10. The zero-order valence-corrected chi connectivity index (χ0v) is 79.6. The molecule has 4 aliphatic rings. The third-order valence-corrected chi connectivity index (χ3v) is 23.6. The molecule has 4 fully saturated rings. The first-order valence-corrected chi connectivity index (χ1v) is 43.9. The number of benzene rings is 4. The Morgan fingerprint density at radius 3 is 0.891 bits per heavy atom. The van der Waals surface area contributed by atoms with E-state index in [2.05, 4.69) is 21.3 Å². The molecule has 4 N–H and O–H groups in total. The zero-order chi connectivity index (χ0) is 93.8. The summed E-state index contributed by atoms with van der Waals surface area (Å²) in [7, 11) is 19.2. The number of rotatable bonds is 27. The van der Waals surface area contributed by atoms with Gasteiger partial charge in [0.15, 0.2) is 0 Å². The van der Waals surface area contributed by atoms with Gasteiger partial charge in [0.1, 0.15) is 57.5 Å². The van der Waals surface area contributed by atoms with E-state index in [1.165, 1.54) is 42.1 Å². The van der Waals surface area contributed by atoms with Crippen LogP contribution >= 0.6 is 46.4 Å². The fourth-order valence-corrected chi connectivity index (χ4v) is 16.6. The van der Waals surface area contributed by atoms with E-state index in [-0.39, 0.29) is 70.8 Å². The molecule has 128 heavy (non-hydrogen) atoms. The predicted octanol–water partition coefficient (Wildman–Crippen LogP) is 12.1. The van der Waals surface area contributed by atoms with Gasteiger partial charge in [-0.3, -0.25) is 37.4 Å². The quantitative estimate of drug-likeness (QED) is 0.0347. The normalized spacial score (nSPS) is 18.0. The minimum atomic E-state index is -0.427. The average molecular weight is 1860 g/mol. The lowest BCUT2D eigenvalue weighted by Crippen LogP contribution is -2.38. The Balaban J connectivity index is 0.000000193. The molecule has 696 valence electrons. The van der Waals surface area contributed by atoms with Crippen LogP contribution in [0.15, 0.2) is 92.0 Å². The van der Waals surface area contributed by atoms with Crippen LogP contribution in [0, 0.1) is 6.92 Å². The largest absolute Gasteiger partial charge is 0.497 e. The molecule has 4 amide bonds. The van der Waals surface area contributed by atoms with Gasteiger partial charge in [-0.1, -0.05) is 74.1 Å². The van der Waals surface area contributed by atoms with E-state index in [1.54, 1.807) is 103 Å². The van der Waals surface area contributed by atoms with Gasteiger partial charge in [-0.15, -0.1) is 0 Å². The summed E-state index contributed by atoms with van der Waals surface area (Å²) in [6.45, 7) is 22.3. The Bertz CT molecular complexity index is 5340. The number of aromatic nitrogens is 8. The highest BCUT2D eigenvalue weighted by Gasteiger charge is 2.42. The van der Waals surface area contributed by atoms with Crippen LogP contribution in [0.5, 0.6) is 11.5 Å². The second-order valence-electron chi connectivity index (χ2n) is 30.6. The van der Waals surface area contributed by atoms with Crippen molar-refractivity contribution in [3.8, 4) is 57.1 Å². The monoisotopic (exact) mass is 1850 g/mol. The number of likely N-dealkylation sites (tertiary alicyclic amines) is 4. The van der Waals surface area contributed by atoms with E-state index in [0.717, 1.165) is 22.6 Å². The number of halogens is 4. The first-order valence-electron chi connectivity index (χ1n) is 42.3. The maximum atomic E-state index is 13.4. The molecular weight excluding hydrogens is 1740 g/mol. The molecule has 0 bridgehead atoms. The Morgan fingerprint density at radius 1 is 0.375 bits per heavy atom. The molecule has 8 heterocycles. The van der Waals surface area contributed by atoms with Gasteiger partial charge < -0.3 is 93.1 Å². The van der Waals surface area contributed by atoms with Crippen molar-refractivity contribution in [2.75, 3.05) is 162 Å². The van der Waals surface area contributed by atoms with Crippen LogP contribution in [-0.4, -0.2) is 266 Å². The van der Waals surface area contributed by atoms with Gasteiger partial charge >= 0.3 is 24.4 Å². The molecule has 8 aromatic rings. The van der Waals surface area contributed by atoms with E-state index >= 15 is 0 Å². The number of amides is 4. The number of anilines is 5. The summed E-state index contributed by atoms with van der Waals surface area (Å²) in [6.07, 6.45) is -0.563. The van der Waals surface area contributed by atoms with Crippen molar-refractivity contribution in [3.05, 3.63) is 163 Å². The maximum Gasteiger partial charge on any atom is 0.409 e. The fraction of sp³-hybridized carbons (Fsp3) is 0.506. The summed E-state index contributed by atoms with van der Waals surface area (Å²) in [5.41, 5.74) is 8.05. The third-order valence-electron chi connectivity index (χ3n) is 22.4. The molecule has 35 nitrogen and oxygen atoms in total. The molecular formula is C89H119Cl4N17O18. The van der Waals surface area contributed by atoms with Crippen molar-refractivity contribution in [1.29, 1.82) is 0 Å². The summed E-state index contributed by atoms with van der Waals surface area (Å²) in [5, 5.41) is 15.1. The molecule has 4 aromatic carbocycles. The molecule has 4 unspecified atom stereocenters. The van der Waals surface area contributed by atoms with Crippen LogP contribution in [0.3, 0.4) is 0 Å². The Labute approximate surface area is 765 Å². The van der Waals surface area contributed by atoms with Crippen LogP contribution in [0.4, 0.5) is 47.6 Å². The van der Waals surface area contributed by atoms with Gasteiger partial charge in [-0.25, -0.2) is 39.1 Å². The predicted molar refractivity (Wildman–Crippen MR) is 497 cm³/mol. The van der Waals surface area contributed by atoms with Crippen molar-refractivity contribution >= 4 is 99.2 Å². The van der Waals surface area contributed by atoms with Gasteiger partial charge in [0.25, 0.3) is 22.2 Å². The van der Waals surface area contributed by atoms with Gasteiger partial charge in [-0.05, 0) is 139 Å². The minimum absolute atomic E-state index is 0.172. The molecule has 0 saturated carbocycles. The van der Waals surface area contributed by atoms with Crippen molar-refractivity contribution in [3.63, 3.8) is 0 Å². The third kappa shape index (κ3) is 23.4. The summed E-state index contributed by atoms with van der Waals surface area (Å²) in [6, 6.07) is 20.6. The minimum Gasteiger partial charge on any atom is -0.497 e. The fourth-order valence-electron chi connectivity index (χ4n) is 15.6. The Kier molecular flexibility index (Phi) is 36.5. The van der Waals surface area contributed by atoms with E-state index in [0.29, 0.717) is 216 Å². The molecule has 0 aliphatic carbocycles. The highest BCUT2D eigenvalue weighted by Crippen LogP contribution is 2.36. The van der Waals surface area contributed by atoms with Crippen molar-refractivity contribution < 1.29 is 66.5 Å². The zero-order valence-electron chi connectivity index (χ0n) is 76.5. The van der Waals surface area contributed by atoms with E-state index in [9.17, 15) is 38.4 Å². The van der Waals surface area contributed by atoms with Gasteiger partial charge in [-0.2, -0.15) is 0 Å². The van der Waals surface area contributed by atoms with Crippen LogP contribution in [0.2, 0.25) is 20.1 Å². The summed E-state index contributed by atoms with van der Waals surface area (Å²) < 4.78 is 59.2. The van der Waals surface area contributed by atoms with E-state index < -0.39 is 24.4 Å². The highest BCUT2D eigenvalue weighted by atomic mass is 35.5. The standard InChI is InChI=1S/C23H32ClN5O4.C23H32N4O5.C22H29ClN4O5.C21H26Cl2N4O4/c1-7-17-20(25-18-12-29(23(31)32-6)13-19(18)33-8-2)22(30)28(5)21(26-17)15-10-9-14(27(3)4)11-16(15)24;1-7-17-20(24-18-12-27(23(29)31-6)13-19(18)32-8-2)22(28)26(4)21(25-17)16-10-9-15(30-5)11-14(16)3;1-6-16-19(24-17-11-27(22(29)31-5)12-18(17)32-7-2)21(28)26(3)20(25-16)14-9-8-13(30-4)10-15(14)23;1-5-15-18(24-16-10-27(21(29)30-4)11-17(16)31-6-2)20(28)26(3)19(25-15)13-8-7-12(22)9-14(13)23/h9-11,18-19,25H,7-8,12-13H2,1-6H3;9-11,18-19,24H,7-8,12-13H2,1-6H3;8-10,17-18,24H,6-7,11-12H2,1-5H3;7-9,16-17,24H,5-6,10-11H2,1-4H3/t2*18?,19-;17?,18-;16?,17-/m0000/s1. The van der Waals surface area contributed by atoms with Gasteiger partial charge in [0.05, 0.1) is 155 Å². The number of nitrogens with zero attached hydrogens (tertiary/aromatic N) is 13. The summed E-state index contributed by atoms with van der Waals surface area (Å²) in [4.78, 5) is 129. The second kappa shape index (κ2) is 46.4. The molecule has 8 atom stereocenters. The van der Waals surface area contributed by atoms with E-state index in [4.69, 9.17) is 114 Å². The van der Waals surface area contributed by atoms with Gasteiger partial charge in [0.2, 0.25) is 0 Å². The summed E-state index contributed by atoms with van der Waals surface area (Å²) >= 11 is 25.4. The average Bonchev–Trinajstić information content (AvgIpc) is 1.19. The summed E-state index contributed by atoms with van der Waals surface area (Å²) in [5.74, 6) is 3.40. The molecule has 4 aromatic heterocycles. The molecule has 4 aliphatic heterocycles. The molecule has 0 spiro atoms. The SMILES string of the molecule is CCO[C@H]1CN(C(=O)OC)CC1Nc1c(CC)nc(-c2ccc(Cl)cc2Cl)n(C)c1=O.CCO[C@H]1CN(C(=O)OC)CC1Nc1c(CC)nc(-c2ccc(N(C)C)cc2Cl)n(C)c1=O.CCO[C@H]1CN(C(=O)OC)CC1Nc1c(CC)nc(-c2ccc(OC)cc2C)n(C)c1=O.CCO[C@H]1CN(C(=O)OC)CC1Nc1c(CC)nc(-c2ccc(OC)cc2Cl)n(C)c1=O. The van der Waals surface area contributed by atoms with Crippen LogP contribution in [0.1, 0.15) is 83.7 Å². The Hall–Kier alpha value is -10.9. The molecule has 12 rings (SSSR count). The number of nitrogens with one attached hydrogen (secondary N) is 4. The number of carbonyl (C=O) groups excluding carboxylic acids is 4. The number of aryl methyl sites for hydroxylation is 5. The number of carbonyl (C=O) groups is 4. The molecule has 39 heteroatoms.